The third-order valence-electron chi connectivity index (χ3n) is 5.66. The number of nitrogens with one attached hydrogen (secondary N) is 1. The molecular weight excluding hydrogens is 448 g/mol. The number of rotatable bonds is 8. The lowest BCUT2D eigenvalue weighted by atomic mass is 9.97. The van der Waals surface area contributed by atoms with Crippen molar-refractivity contribution in [1.29, 1.82) is 0 Å². The van der Waals surface area contributed by atoms with Gasteiger partial charge in [-0.25, -0.2) is 9.99 Å². The molecule has 0 fully saturated rings. The maximum atomic E-state index is 13.3. The van der Waals surface area contributed by atoms with Gasteiger partial charge in [0.1, 0.15) is 5.75 Å². The highest BCUT2D eigenvalue weighted by atomic mass is 32.2. The number of benzene rings is 2. The van der Waals surface area contributed by atoms with Gasteiger partial charge in [0.25, 0.3) is 11.5 Å². The van der Waals surface area contributed by atoms with Crippen LogP contribution in [-0.4, -0.2) is 39.5 Å². The average molecular weight is 477 g/mol. The van der Waals surface area contributed by atoms with E-state index in [1.807, 2.05) is 62.4 Å². The van der Waals surface area contributed by atoms with E-state index in [0.717, 1.165) is 46.7 Å². The predicted octanol–water partition coefficient (Wildman–Crippen LogP) is 4.51. The monoisotopic (exact) mass is 476 g/mol. The molecular formula is C26H28N4O3S. The van der Waals surface area contributed by atoms with Crippen LogP contribution in [0.5, 0.6) is 5.75 Å². The topological polar surface area (TPSA) is 87.7 Å². The molecule has 0 bridgehead atoms. The molecule has 0 spiro atoms. The molecule has 2 heterocycles. The Hall–Kier alpha value is -3.39. The molecule has 0 saturated heterocycles. The van der Waals surface area contributed by atoms with E-state index in [0.29, 0.717) is 11.6 Å². The van der Waals surface area contributed by atoms with E-state index >= 15 is 0 Å². The summed E-state index contributed by atoms with van der Waals surface area (Å²) in [4.78, 5) is 32.5. The molecule has 4 rings (SSSR count). The van der Waals surface area contributed by atoms with Crippen molar-refractivity contribution in [2.75, 3.05) is 12.9 Å². The van der Waals surface area contributed by atoms with Crippen LogP contribution in [0.2, 0.25) is 0 Å². The van der Waals surface area contributed by atoms with Gasteiger partial charge < -0.3 is 9.72 Å². The number of hydrogen-bond donors (Lipinski definition) is 1. The van der Waals surface area contributed by atoms with Crippen LogP contribution in [0.15, 0.2) is 69.6 Å². The Balaban J connectivity index is 1.57. The van der Waals surface area contributed by atoms with Gasteiger partial charge in [-0.3, -0.25) is 9.59 Å². The molecule has 34 heavy (non-hydrogen) atoms. The summed E-state index contributed by atoms with van der Waals surface area (Å²) in [5.74, 6) is 0.761. The molecule has 1 amide bonds. The Morgan fingerprint density at radius 2 is 1.91 bits per heavy atom. The number of amides is 1. The number of aromatic amines is 1. The minimum Gasteiger partial charge on any atom is -0.497 e. The van der Waals surface area contributed by atoms with E-state index in [-0.39, 0.29) is 23.3 Å². The van der Waals surface area contributed by atoms with E-state index in [2.05, 4.69) is 9.97 Å². The molecule has 2 aromatic carbocycles. The van der Waals surface area contributed by atoms with Crippen LogP contribution in [0.25, 0.3) is 0 Å². The molecule has 176 valence electrons. The lowest BCUT2D eigenvalue weighted by Crippen LogP contribution is -2.28. The molecule has 1 aliphatic rings. The van der Waals surface area contributed by atoms with Crippen LogP contribution in [0.4, 0.5) is 0 Å². The molecule has 0 saturated carbocycles. The SMILES string of the molecule is CCCc1cc(=O)[nH]c(SCC(=O)N2N=C(c3ccc(OC)cc3)C[C@H]2c2ccc(C)cc2)n1. The highest BCUT2D eigenvalue weighted by Crippen LogP contribution is 2.34. The van der Waals surface area contributed by atoms with Crippen molar-refractivity contribution in [1.82, 2.24) is 15.0 Å². The first-order valence-corrected chi connectivity index (χ1v) is 12.3. The Bertz CT molecular complexity index is 1240. The predicted molar refractivity (Wildman–Crippen MR) is 134 cm³/mol. The maximum absolute atomic E-state index is 13.3. The third-order valence-corrected chi connectivity index (χ3v) is 6.52. The van der Waals surface area contributed by atoms with Crippen LogP contribution in [-0.2, 0) is 11.2 Å². The average Bonchev–Trinajstić information content (AvgIpc) is 3.28. The second-order valence-electron chi connectivity index (χ2n) is 8.22. The van der Waals surface area contributed by atoms with Crippen molar-refractivity contribution in [2.24, 2.45) is 5.10 Å². The summed E-state index contributed by atoms with van der Waals surface area (Å²) in [6.07, 6.45) is 2.24. The molecule has 0 aliphatic carbocycles. The molecule has 3 aromatic rings. The first-order chi connectivity index (χ1) is 16.5. The van der Waals surface area contributed by atoms with Crippen molar-refractivity contribution in [3.8, 4) is 5.75 Å². The standard InChI is InChI=1S/C26H28N4O3S/c1-4-5-20-14-24(31)28-26(27-20)34-16-25(32)30-23(19-8-6-17(2)7-9-19)15-22(29-30)18-10-12-21(33-3)13-11-18/h6-14,23H,4-5,15-16H2,1-3H3,(H,27,28,31)/t23-/m0/s1. The summed E-state index contributed by atoms with van der Waals surface area (Å²) in [5.41, 5.74) is 4.54. The largest absolute Gasteiger partial charge is 0.497 e. The zero-order chi connectivity index (χ0) is 24.1. The van der Waals surface area contributed by atoms with Crippen molar-refractivity contribution < 1.29 is 9.53 Å². The number of hydrogen-bond acceptors (Lipinski definition) is 6. The molecule has 8 heteroatoms. The maximum Gasteiger partial charge on any atom is 0.253 e. The van der Waals surface area contributed by atoms with Gasteiger partial charge >= 0.3 is 0 Å². The van der Waals surface area contributed by atoms with Crippen LogP contribution in [0.3, 0.4) is 0 Å². The molecule has 0 unspecified atom stereocenters. The Labute approximate surface area is 203 Å². The van der Waals surface area contributed by atoms with Crippen molar-refractivity contribution in [2.45, 2.75) is 44.3 Å². The number of thioether (sulfide) groups is 1. The first kappa shape index (κ1) is 23.8. The lowest BCUT2D eigenvalue weighted by Gasteiger charge is -2.22. The summed E-state index contributed by atoms with van der Waals surface area (Å²) in [7, 11) is 1.63. The Morgan fingerprint density at radius 1 is 1.18 bits per heavy atom. The number of carbonyl (C=O) groups excluding carboxylic acids is 1. The third kappa shape index (κ3) is 5.56. The number of methoxy groups -OCH3 is 1. The van der Waals surface area contributed by atoms with E-state index < -0.39 is 0 Å². The number of nitrogens with zero attached hydrogens (tertiary/aromatic N) is 3. The van der Waals surface area contributed by atoms with E-state index in [4.69, 9.17) is 9.84 Å². The zero-order valence-corrected chi connectivity index (χ0v) is 20.4. The van der Waals surface area contributed by atoms with Gasteiger partial charge in [-0.15, -0.1) is 0 Å². The summed E-state index contributed by atoms with van der Waals surface area (Å²) in [6, 6.07) is 17.2. The van der Waals surface area contributed by atoms with E-state index in [1.165, 1.54) is 17.8 Å². The number of aryl methyl sites for hydroxylation is 2. The number of carbonyl (C=O) groups is 1. The molecule has 7 nitrogen and oxygen atoms in total. The van der Waals surface area contributed by atoms with Crippen LogP contribution in [0, 0.1) is 6.92 Å². The summed E-state index contributed by atoms with van der Waals surface area (Å²) < 4.78 is 5.26. The van der Waals surface area contributed by atoms with Crippen LogP contribution < -0.4 is 10.3 Å². The minimum absolute atomic E-state index is 0.125. The molecule has 1 atom stereocenters. The molecule has 0 radical (unpaired) electrons. The van der Waals surface area contributed by atoms with Crippen molar-refractivity contribution >= 4 is 23.4 Å². The molecule has 1 N–H and O–H groups in total. The van der Waals surface area contributed by atoms with Gasteiger partial charge in [0.05, 0.1) is 24.6 Å². The van der Waals surface area contributed by atoms with E-state index in [1.54, 1.807) is 12.1 Å². The van der Waals surface area contributed by atoms with Gasteiger partial charge in [-0.05, 0) is 48.7 Å². The van der Waals surface area contributed by atoms with Crippen LogP contribution >= 0.6 is 11.8 Å². The van der Waals surface area contributed by atoms with Crippen LogP contribution in [0.1, 0.15) is 48.2 Å². The highest BCUT2D eigenvalue weighted by Gasteiger charge is 2.33. The smallest absolute Gasteiger partial charge is 0.253 e. The van der Waals surface area contributed by atoms with Gasteiger partial charge in [0.15, 0.2) is 5.16 Å². The summed E-state index contributed by atoms with van der Waals surface area (Å²) >= 11 is 1.23. The Kier molecular flexibility index (Phi) is 7.47. The van der Waals surface area contributed by atoms with Gasteiger partial charge in [-0.1, -0.05) is 54.9 Å². The fraction of sp³-hybridized carbons (Fsp3) is 0.308. The molecule has 1 aromatic heterocycles. The lowest BCUT2D eigenvalue weighted by molar-refractivity contribution is -0.130. The quantitative estimate of drug-likeness (QED) is 0.382. The highest BCUT2D eigenvalue weighted by molar-refractivity contribution is 7.99. The minimum atomic E-state index is -0.202. The summed E-state index contributed by atoms with van der Waals surface area (Å²) in [5, 5.41) is 6.75. The number of hydrazone groups is 1. The fourth-order valence-corrected chi connectivity index (χ4v) is 4.63. The van der Waals surface area contributed by atoms with Gasteiger partial charge in [0, 0.05) is 18.2 Å². The van der Waals surface area contributed by atoms with E-state index in [9.17, 15) is 9.59 Å². The first-order valence-electron chi connectivity index (χ1n) is 11.3. The normalized spacial score (nSPS) is 15.3. The fourth-order valence-electron chi connectivity index (χ4n) is 3.88. The van der Waals surface area contributed by atoms with Crippen molar-refractivity contribution in [3.63, 3.8) is 0 Å². The zero-order valence-electron chi connectivity index (χ0n) is 19.6. The Morgan fingerprint density at radius 3 is 2.59 bits per heavy atom. The van der Waals surface area contributed by atoms with Crippen molar-refractivity contribution in [3.05, 3.63) is 87.3 Å². The van der Waals surface area contributed by atoms with Gasteiger partial charge in [-0.2, -0.15) is 5.10 Å². The number of ether oxygens (including phenoxy) is 1. The number of aromatic nitrogens is 2. The molecule has 1 aliphatic heterocycles. The summed E-state index contributed by atoms with van der Waals surface area (Å²) in [6.45, 7) is 4.08. The van der Waals surface area contributed by atoms with Gasteiger partial charge in [0.2, 0.25) is 0 Å². The second-order valence-corrected chi connectivity index (χ2v) is 9.19. The second kappa shape index (κ2) is 10.7. The number of H-pyrrole nitrogens is 1.